The van der Waals surface area contributed by atoms with Crippen molar-refractivity contribution in [2.75, 3.05) is 26.2 Å². The second-order valence-electron chi connectivity index (χ2n) is 3.66. The van der Waals surface area contributed by atoms with E-state index in [0.29, 0.717) is 13.1 Å². The third kappa shape index (κ3) is 2.14. The van der Waals surface area contributed by atoms with Crippen LogP contribution in [0.15, 0.2) is 0 Å². The molecule has 0 spiro atoms. The number of likely N-dealkylation sites (tertiary alicyclic amines) is 1. The van der Waals surface area contributed by atoms with Crippen LogP contribution in [0.1, 0.15) is 13.8 Å². The number of halogens is 1. The SMILES string of the molecule is C[C](C)CN1CC(F)(CO)C1. The molecule has 1 radical (unpaired) electrons. The summed E-state index contributed by atoms with van der Waals surface area (Å²) in [6.07, 6.45) is 0. The number of nitrogens with zero attached hydrogens (tertiary/aromatic N) is 1. The zero-order valence-electron chi connectivity index (χ0n) is 7.10. The van der Waals surface area contributed by atoms with E-state index in [-0.39, 0.29) is 6.61 Å². The number of aliphatic hydroxyl groups is 1. The summed E-state index contributed by atoms with van der Waals surface area (Å²) in [5.41, 5.74) is -1.31. The number of hydrogen-bond donors (Lipinski definition) is 1. The predicted molar refractivity (Wildman–Crippen MR) is 42.0 cm³/mol. The maximum atomic E-state index is 13.0. The fourth-order valence-electron chi connectivity index (χ4n) is 1.41. The second-order valence-corrected chi connectivity index (χ2v) is 3.66. The Morgan fingerprint density at radius 1 is 1.55 bits per heavy atom. The average molecular weight is 160 g/mol. The van der Waals surface area contributed by atoms with Gasteiger partial charge in [0.25, 0.3) is 0 Å². The monoisotopic (exact) mass is 160 g/mol. The van der Waals surface area contributed by atoms with Crippen molar-refractivity contribution in [2.45, 2.75) is 19.5 Å². The summed E-state index contributed by atoms with van der Waals surface area (Å²) in [6.45, 7) is 5.33. The second kappa shape index (κ2) is 3.07. The summed E-state index contributed by atoms with van der Waals surface area (Å²) in [5, 5.41) is 8.59. The van der Waals surface area contributed by atoms with E-state index < -0.39 is 5.67 Å². The van der Waals surface area contributed by atoms with Crippen LogP contribution < -0.4 is 0 Å². The molecule has 0 aliphatic carbocycles. The maximum Gasteiger partial charge on any atom is 0.159 e. The van der Waals surface area contributed by atoms with Crippen molar-refractivity contribution in [3.63, 3.8) is 0 Å². The van der Waals surface area contributed by atoms with E-state index in [9.17, 15) is 4.39 Å². The Morgan fingerprint density at radius 3 is 2.45 bits per heavy atom. The van der Waals surface area contributed by atoms with Crippen LogP contribution in [0.2, 0.25) is 0 Å². The van der Waals surface area contributed by atoms with Crippen LogP contribution in [0.5, 0.6) is 0 Å². The molecular formula is C8H15FNO. The van der Waals surface area contributed by atoms with Crippen molar-refractivity contribution >= 4 is 0 Å². The van der Waals surface area contributed by atoms with Gasteiger partial charge in [-0.15, -0.1) is 0 Å². The first-order chi connectivity index (χ1) is 5.06. The number of hydrogen-bond acceptors (Lipinski definition) is 2. The van der Waals surface area contributed by atoms with Gasteiger partial charge in [0.15, 0.2) is 5.67 Å². The zero-order valence-corrected chi connectivity index (χ0v) is 7.10. The highest BCUT2D eigenvalue weighted by Crippen LogP contribution is 2.25. The number of aliphatic hydroxyl groups excluding tert-OH is 1. The Hall–Kier alpha value is -0.150. The molecule has 2 nitrogen and oxygen atoms in total. The lowest BCUT2D eigenvalue weighted by Crippen LogP contribution is -2.61. The van der Waals surface area contributed by atoms with Gasteiger partial charge in [-0.3, -0.25) is 4.90 Å². The first kappa shape index (κ1) is 8.94. The minimum atomic E-state index is -1.31. The molecule has 65 valence electrons. The fourth-order valence-corrected chi connectivity index (χ4v) is 1.41. The first-order valence-corrected chi connectivity index (χ1v) is 3.87. The van der Waals surface area contributed by atoms with Crippen molar-refractivity contribution in [1.82, 2.24) is 4.90 Å². The van der Waals surface area contributed by atoms with Gasteiger partial charge < -0.3 is 5.11 Å². The quantitative estimate of drug-likeness (QED) is 0.654. The molecule has 0 unspecified atom stereocenters. The van der Waals surface area contributed by atoms with E-state index in [0.717, 1.165) is 6.54 Å². The van der Waals surface area contributed by atoms with E-state index in [4.69, 9.17) is 5.11 Å². The largest absolute Gasteiger partial charge is 0.393 e. The summed E-state index contributed by atoms with van der Waals surface area (Å²) < 4.78 is 13.0. The summed E-state index contributed by atoms with van der Waals surface area (Å²) in [6, 6.07) is 0. The maximum absolute atomic E-state index is 13.0. The molecule has 11 heavy (non-hydrogen) atoms. The zero-order chi connectivity index (χ0) is 8.48. The Balaban J connectivity index is 2.18. The van der Waals surface area contributed by atoms with Crippen LogP contribution in [0, 0.1) is 5.92 Å². The topological polar surface area (TPSA) is 23.5 Å². The van der Waals surface area contributed by atoms with Gasteiger partial charge >= 0.3 is 0 Å². The molecule has 1 aliphatic heterocycles. The smallest absolute Gasteiger partial charge is 0.159 e. The van der Waals surface area contributed by atoms with E-state index in [1.165, 1.54) is 5.92 Å². The summed E-state index contributed by atoms with van der Waals surface area (Å²) in [4.78, 5) is 1.99. The van der Waals surface area contributed by atoms with Crippen molar-refractivity contribution in [3.8, 4) is 0 Å². The van der Waals surface area contributed by atoms with Gasteiger partial charge in [-0.25, -0.2) is 4.39 Å². The van der Waals surface area contributed by atoms with Crippen LogP contribution in [0.25, 0.3) is 0 Å². The predicted octanol–water partition coefficient (Wildman–Crippen LogP) is 0.617. The van der Waals surface area contributed by atoms with Gasteiger partial charge in [0.1, 0.15) is 0 Å². The van der Waals surface area contributed by atoms with E-state index in [1.54, 1.807) is 0 Å². The number of rotatable bonds is 3. The van der Waals surface area contributed by atoms with Crippen molar-refractivity contribution in [3.05, 3.63) is 5.92 Å². The first-order valence-electron chi connectivity index (χ1n) is 3.87. The third-order valence-corrected chi connectivity index (χ3v) is 1.84. The lowest BCUT2D eigenvalue weighted by molar-refractivity contribution is -0.0641. The normalized spacial score (nSPS) is 23.7. The van der Waals surface area contributed by atoms with E-state index in [1.807, 2.05) is 18.7 Å². The molecule has 1 saturated heterocycles. The number of alkyl halides is 1. The molecule has 1 N–H and O–H groups in total. The van der Waals surface area contributed by atoms with Gasteiger partial charge in [0.05, 0.1) is 6.61 Å². The summed E-state index contributed by atoms with van der Waals surface area (Å²) in [5.74, 6) is 1.28. The molecule has 1 heterocycles. The lowest BCUT2D eigenvalue weighted by Gasteiger charge is -2.44. The van der Waals surface area contributed by atoms with Gasteiger partial charge in [0, 0.05) is 19.6 Å². The van der Waals surface area contributed by atoms with Gasteiger partial charge in [0.2, 0.25) is 0 Å². The van der Waals surface area contributed by atoms with E-state index >= 15 is 0 Å². The molecule has 0 atom stereocenters. The molecule has 3 heteroatoms. The summed E-state index contributed by atoms with van der Waals surface area (Å²) >= 11 is 0. The molecule has 1 aliphatic rings. The summed E-state index contributed by atoms with van der Waals surface area (Å²) in [7, 11) is 0. The van der Waals surface area contributed by atoms with Gasteiger partial charge in [-0.05, 0) is 5.92 Å². The molecule has 1 rings (SSSR count). The Labute approximate surface area is 67.0 Å². The molecule has 0 aromatic rings. The molecule has 0 bridgehead atoms. The van der Waals surface area contributed by atoms with Gasteiger partial charge in [-0.1, -0.05) is 13.8 Å². The highest BCUT2D eigenvalue weighted by Gasteiger charge is 2.42. The van der Waals surface area contributed by atoms with Crippen molar-refractivity contribution < 1.29 is 9.50 Å². The molecule has 0 aromatic carbocycles. The molecule has 0 aromatic heterocycles. The van der Waals surface area contributed by atoms with Crippen LogP contribution in [0.4, 0.5) is 4.39 Å². The Bertz CT molecular complexity index is 132. The van der Waals surface area contributed by atoms with Crippen molar-refractivity contribution in [1.29, 1.82) is 0 Å². The molecule has 1 fully saturated rings. The van der Waals surface area contributed by atoms with Crippen LogP contribution >= 0.6 is 0 Å². The highest BCUT2D eigenvalue weighted by molar-refractivity contribution is 4.98. The average Bonchev–Trinajstić information content (AvgIpc) is 1.83. The van der Waals surface area contributed by atoms with Crippen LogP contribution in [0.3, 0.4) is 0 Å². The third-order valence-electron chi connectivity index (χ3n) is 1.84. The minimum absolute atomic E-state index is 0.341. The Kier molecular flexibility index (Phi) is 2.50. The molecule has 0 amide bonds. The molecular weight excluding hydrogens is 145 g/mol. The Morgan fingerprint density at radius 2 is 2.09 bits per heavy atom. The molecule has 0 saturated carbocycles. The lowest BCUT2D eigenvalue weighted by atomic mass is 9.96. The van der Waals surface area contributed by atoms with Crippen LogP contribution in [-0.4, -0.2) is 41.9 Å². The van der Waals surface area contributed by atoms with Crippen LogP contribution in [-0.2, 0) is 0 Å². The fraction of sp³-hybridized carbons (Fsp3) is 0.875. The standard InChI is InChI=1S/C8H15FNO/c1-7(2)3-10-4-8(9,5-10)6-11/h11H,3-6H2,1-2H3. The van der Waals surface area contributed by atoms with Crippen molar-refractivity contribution in [2.24, 2.45) is 0 Å². The minimum Gasteiger partial charge on any atom is -0.393 e. The van der Waals surface area contributed by atoms with E-state index in [2.05, 4.69) is 0 Å². The van der Waals surface area contributed by atoms with Gasteiger partial charge in [-0.2, -0.15) is 0 Å². The highest BCUT2D eigenvalue weighted by atomic mass is 19.1.